The average Bonchev–Trinajstić information content (AvgIpc) is 2.75. The molecule has 0 atom stereocenters. The maximum absolute atomic E-state index is 12.3. The summed E-state index contributed by atoms with van der Waals surface area (Å²) in [5.74, 6) is 2.74. The highest BCUT2D eigenvalue weighted by Crippen LogP contribution is 2.32. The van der Waals surface area contributed by atoms with Crippen LogP contribution in [0.2, 0.25) is 0 Å². The number of anilines is 2. The molecule has 0 fully saturated rings. The Labute approximate surface area is 169 Å². The van der Waals surface area contributed by atoms with Gasteiger partial charge in [0.15, 0.2) is 17.2 Å². The van der Waals surface area contributed by atoms with Gasteiger partial charge in [-0.1, -0.05) is 30.3 Å². The van der Waals surface area contributed by atoms with Crippen molar-refractivity contribution >= 4 is 17.3 Å². The van der Waals surface area contributed by atoms with E-state index in [2.05, 4.69) is 10.6 Å². The molecule has 0 saturated heterocycles. The molecule has 1 aliphatic rings. The van der Waals surface area contributed by atoms with E-state index in [1.54, 1.807) is 12.1 Å². The van der Waals surface area contributed by atoms with E-state index in [0.717, 1.165) is 11.4 Å². The van der Waals surface area contributed by atoms with Gasteiger partial charge in [-0.2, -0.15) is 0 Å². The lowest BCUT2D eigenvalue weighted by atomic mass is 10.2. The van der Waals surface area contributed by atoms with Gasteiger partial charge < -0.3 is 24.8 Å². The fourth-order valence-electron chi connectivity index (χ4n) is 2.97. The normalized spacial score (nSPS) is 12.1. The predicted molar refractivity (Wildman–Crippen MR) is 112 cm³/mol. The van der Waals surface area contributed by atoms with E-state index in [0.29, 0.717) is 49.1 Å². The molecule has 29 heavy (non-hydrogen) atoms. The van der Waals surface area contributed by atoms with Crippen molar-refractivity contribution in [3.05, 3.63) is 72.8 Å². The predicted octanol–water partition coefficient (Wildman–Crippen LogP) is 4.69. The zero-order valence-electron chi connectivity index (χ0n) is 15.9. The van der Waals surface area contributed by atoms with Crippen LogP contribution in [0, 0.1) is 0 Å². The Bertz CT molecular complexity index is 976. The summed E-state index contributed by atoms with van der Waals surface area (Å²) < 4.78 is 17.0. The number of fused-ring (bicyclic) bond motifs is 1. The van der Waals surface area contributed by atoms with Crippen molar-refractivity contribution in [1.29, 1.82) is 0 Å². The smallest absolute Gasteiger partial charge is 0.226 e. The van der Waals surface area contributed by atoms with E-state index in [4.69, 9.17) is 14.2 Å². The molecule has 0 aliphatic carbocycles. The highest BCUT2D eigenvalue weighted by Gasteiger charge is 2.13. The Balaban J connectivity index is 1.30. The molecule has 3 aromatic rings. The van der Waals surface area contributed by atoms with Crippen LogP contribution in [-0.2, 0) is 4.79 Å². The van der Waals surface area contributed by atoms with Crippen molar-refractivity contribution in [3.8, 4) is 23.0 Å². The first kappa shape index (κ1) is 18.7. The number of para-hydroxylation sites is 3. The number of hydrogen-bond donors (Lipinski definition) is 2. The van der Waals surface area contributed by atoms with Gasteiger partial charge >= 0.3 is 0 Å². The Kier molecular flexibility index (Phi) is 5.81. The summed E-state index contributed by atoms with van der Waals surface area (Å²) in [6, 6.07) is 22.6. The lowest BCUT2D eigenvalue weighted by molar-refractivity contribution is -0.115. The number of ether oxygens (including phenoxy) is 3. The molecule has 0 saturated carbocycles. The molecule has 1 aliphatic heterocycles. The summed E-state index contributed by atoms with van der Waals surface area (Å²) in [6.45, 7) is 1.53. The number of hydrogen-bond acceptors (Lipinski definition) is 5. The van der Waals surface area contributed by atoms with E-state index in [-0.39, 0.29) is 5.91 Å². The van der Waals surface area contributed by atoms with E-state index < -0.39 is 0 Å². The molecular formula is C23H22N2O4. The summed E-state index contributed by atoms with van der Waals surface area (Å²) >= 11 is 0. The first-order valence-electron chi connectivity index (χ1n) is 9.53. The van der Waals surface area contributed by atoms with Gasteiger partial charge in [-0.05, 0) is 36.4 Å². The van der Waals surface area contributed by atoms with Gasteiger partial charge in [0, 0.05) is 24.7 Å². The molecule has 148 valence electrons. The monoisotopic (exact) mass is 390 g/mol. The van der Waals surface area contributed by atoms with Crippen LogP contribution in [0.25, 0.3) is 0 Å². The highest BCUT2D eigenvalue weighted by molar-refractivity contribution is 5.91. The van der Waals surface area contributed by atoms with Crippen molar-refractivity contribution in [2.45, 2.75) is 6.42 Å². The van der Waals surface area contributed by atoms with Crippen molar-refractivity contribution in [2.24, 2.45) is 0 Å². The average molecular weight is 390 g/mol. The third-order valence-corrected chi connectivity index (χ3v) is 4.35. The lowest BCUT2D eigenvalue weighted by Crippen LogP contribution is -2.18. The van der Waals surface area contributed by atoms with Crippen LogP contribution < -0.4 is 24.8 Å². The van der Waals surface area contributed by atoms with Crippen molar-refractivity contribution in [1.82, 2.24) is 0 Å². The van der Waals surface area contributed by atoms with Gasteiger partial charge in [0.1, 0.15) is 19.0 Å². The van der Waals surface area contributed by atoms with Crippen LogP contribution in [0.15, 0.2) is 72.8 Å². The van der Waals surface area contributed by atoms with Crippen LogP contribution in [0.1, 0.15) is 6.42 Å². The summed E-state index contributed by atoms with van der Waals surface area (Å²) in [7, 11) is 0. The fourth-order valence-corrected chi connectivity index (χ4v) is 2.97. The minimum atomic E-state index is -0.0874. The van der Waals surface area contributed by atoms with Gasteiger partial charge in [-0.3, -0.25) is 4.79 Å². The molecule has 6 heteroatoms. The Morgan fingerprint density at radius 3 is 2.52 bits per heavy atom. The van der Waals surface area contributed by atoms with Gasteiger partial charge in [-0.25, -0.2) is 0 Å². The van der Waals surface area contributed by atoms with E-state index in [1.165, 1.54) is 0 Å². The molecule has 6 nitrogen and oxygen atoms in total. The maximum Gasteiger partial charge on any atom is 0.226 e. The maximum atomic E-state index is 12.3. The number of nitrogens with one attached hydrogen (secondary N) is 2. The molecule has 2 N–H and O–H groups in total. The van der Waals surface area contributed by atoms with Crippen LogP contribution >= 0.6 is 0 Å². The number of rotatable bonds is 7. The first-order valence-corrected chi connectivity index (χ1v) is 9.53. The number of amides is 1. The van der Waals surface area contributed by atoms with Gasteiger partial charge in [0.25, 0.3) is 0 Å². The third-order valence-electron chi connectivity index (χ3n) is 4.35. The van der Waals surface area contributed by atoms with Crippen molar-refractivity contribution in [2.75, 3.05) is 30.4 Å². The van der Waals surface area contributed by atoms with Gasteiger partial charge in [0.2, 0.25) is 5.91 Å². The Hall–Kier alpha value is -3.67. The zero-order chi connectivity index (χ0) is 19.9. The van der Waals surface area contributed by atoms with Crippen molar-refractivity contribution in [3.63, 3.8) is 0 Å². The minimum absolute atomic E-state index is 0.0874. The summed E-state index contributed by atoms with van der Waals surface area (Å²) in [6.07, 6.45) is 0.314. The zero-order valence-corrected chi connectivity index (χ0v) is 15.9. The topological polar surface area (TPSA) is 68.8 Å². The molecule has 1 amide bonds. The first-order chi connectivity index (χ1) is 14.3. The molecule has 3 aromatic carbocycles. The van der Waals surface area contributed by atoms with Crippen molar-refractivity contribution < 1.29 is 19.0 Å². The molecule has 4 rings (SSSR count). The molecule has 0 aromatic heterocycles. The number of carbonyl (C=O) groups is 1. The summed E-state index contributed by atoms with van der Waals surface area (Å²) in [5, 5.41) is 6.16. The largest absolute Gasteiger partial charge is 0.486 e. The lowest BCUT2D eigenvalue weighted by Gasteiger charge is -2.19. The molecule has 1 heterocycles. The molecular weight excluding hydrogens is 368 g/mol. The number of carbonyl (C=O) groups excluding carboxylic acids is 1. The van der Waals surface area contributed by atoms with E-state index in [1.807, 2.05) is 60.7 Å². The standard InChI is InChI=1S/C23H22N2O4/c26-23(25-17-10-11-21-22(16-17)28-15-14-27-21)12-13-24-19-8-4-5-9-20(19)29-18-6-2-1-3-7-18/h1-11,16,24H,12-15H2,(H,25,26). The molecule has 0 unspecified atom stereocenters. The quantitative estimate of drug-likeness (QED) is 0.612. The van der Waals surface area contributed by atoms with Gasteiger partial charge in [-0.15, -0.1) is 0 Å². The highest BCUT2D eigenvalue weighted by atomic mass is 16.6. The molecule has 0 spiro atoms. The second-order valence-corrected chi connectivity index (χ2v) is 6.49. The van der Waals surface area contributed by atoms with E-state index >= 15 is 0 Å². The molecule has 0 radical (unpaired) electrons. The van der Waals surface area contributed by atoms with Crippen LogP contribution in [0.4, 0.5) is 11.4 Å². The van der Waals surface area contributed by atoms with Crippen LogP contribution in [-0.4, -0.2) is 25.7 Å². The van der Waals surface area contributed by atoms with E-state index in [9.17, 15) is 4.79 Å². The fraction of sp³-hybridized carbons (Fsp3) is 0.174. The summed E-state index contributed by atoms with van der Waals surface area (Å²) in [5.41, 5.74) is 1.52. The second kappa shape index (κ2) is 9.01. The Morgan fingerprint density at radius 2 is 1.66 bits per heavy atom. The van der Waals surface area contributed by atoms with Gasteiger partial charge in [0.05, 0.1) is 5.69 Å². The van der Waals surface area contributed by atoms with Crippen LogP contribution in [0.5, 0.6) is 23.0 Å². The van der Waals surface area contributed by atoms with Crippen LogP contribution in [0.3, 0.4) is 0 Å². The Morgan fingerprint density at radius 1 is 0.897 bits per heavy atom. The second-order valence-electron chi connectivity index (χ2n) is 6.49. The minimum Gasteiger partial charge on any atom is -0.486 e. The summed E-state index contributed by atoms with van der Waals surface area (Å²) in [4.78, 5) is 12.3. The molecule has 0 bridgehead atoms. The SMILES string of the molecule is O=C(CCNc1ccccc1Oc1ccccc1)Nc1ccc2c(c1)OCCO2. The number of benzene rings is 3. The third kappa shape index (κ3) is 4.99.